The van der Waals surface area contributed by atoms with Crippen LogP contribution in [0.1, 0.15) is 69.8 Å². The van der Waals surface area contributed by atoms with E-state index in [-0.39, 0.29) is 0 Å². The zero-order valence-corrected chi connectivity index (χ0v) is 14.8. The van der Waals surface area contributed by atoms with Crippen molar-refractivity contribution in [3.63, 3.8) is 0 Å². The topological polar surface area (TPSA) is 74.6 Å². The average molecular weight is 343 g/mol. The Hall–Kier alpha value is -0.910. The molecule has 23 heavy (non-hydrogen) atoms. The number of rotatable bonds is 12. The Morgan fingerprint density at radius 1 is 0.957 bits per heavy atom. The molecule has 0 amide bonds. The first-order chi connectivity index (χ1) is 10.9. The molecule has 0 bridgehead atoms. The Bertz CT molecular complexity index is 513. The van der Waals surface area contributed by atoms with Gasteiger partial charge in [-0.15, -0.1) is 0 Å². The number of aliphatic hydroxyl groups excluding tert-OH is 1. The van der Waals surface area contributed by atoms with Crippen LogP contribution < -0.4 is 0 Å². The van der Waals surface area contributed by atoms with Gasteiger partial charge in [-0.3, -0.25) is 4.55 Å². The second-order valence-electron chi connectivity index (χ2n) is 6.29. The molecule has 4 nitrogen and oxygen atoms in total. The van der Waals surface area contributed by atoms with Crippen LogP contribution in [0.2, 0.25) is 0 Å². The highest BCUT2D eigenvalue weighted by molar-refractivity contribution is 7.85. The van der Waals surface area contributed by atoms with E-state index in [0.717, 1.165) is 19.3 Å². The lowest BCUT2D eigenvalue weighted by Gasteiger charge is -2.18. The first-order valence-electron chi connectivity index (χ1n) is 8.60. The highest BCUT2D eigenvalue weighted by Gasteiger charge is 2.16. The van der Waals surface area contributed by atoms with Crippen LogP contribution in [0.5, 0.6) is 0 Å². The van der Waals surface area contributed by atoms with E-state index < -0.39 is 22.0 Å². The van der Waals surface area contributed by atoms with Crippen molar-refractivity contribution in [2.24, 2.45) is 0 Å². The van der Waals surface area contributed by atoms with Crippen LogP contribution in [0.25, 0.3) is 0 Å². The first-order valence-corrected chi connectivity index (χ1v) is 10.2. The molecular weight excluding hydrogens is 312 g/mol. The lowest BCUT2D eigenvalue weighted by molar-refractivity contribution is 0.179. The van der Waals surface area contributed by atoms with Crippen LogP contribution in [0.3, 0.4) is 0 Å². The van der Waals surface area contributed by atoms with Crippen molar-refractivity contribution in [1.82, 2.24) is 0 Å². The number of unbranched alkanes of at least 4 members (excludes halogenated alkanes) is 3. The molecule has 0 fully saturated rings. The van der Waals surface area contributed by atoms with Gasteiger partial charge < -0.3 is 5.11 Å². The van der Waals surface area contributed by atoms with Gasteiger partial charge in [-0.05, 0) is 30.7 Å². The summed E-state index contributed by atoms with van der Waals surface area (Å²) in [4.78, 5) is 0. The Kier molecular flexibility index (Phi) is 9.44. The second kappa shape index (κ2) is 10.8. The fourth-order valence-electron chi connectivity index (χ4n) is 2.95. The van der Waals surface area contributed by atoms with E-state index in [9.17, 15) is 13.5 Å². The molecule has 1 aromatic rings. The summed E-state index contributed by atoms with van der Waals surface area (Å²) in [5.41, 5.74) is 1.31. The lowest BCUT2D eigenvalue weighted by atomic mass is 9.88. The fraction of sp³-hybridized carbons (Fsp3) is 0.667. The molecule has 132 valence electrons. The summed E-state index contributed by atoms with van der Waals surface area (Å²) in [6, 6.07) is 10.4. The Labute approximate surface area is 140 Å². The third kappa shape index (κ3) is 9.74. The number of aliphatic hydroxyl groups is 1. The molecule has 0 spiro atoms. The molecule has 0 radical (unpaired) electrons. The van der Waals surface area contributed by atoms with Gasteiger partial charge in [0, 0.05) is 0 Å². The fourth-order valence-corrected chi connectivity index (χ4v) is 3.60. The molecule has 0 saturated carbocycles. The summed E-state index contributed by atoms with van der Waals surface area (Å²) in [5, 5.41) is 9.68. The summed E-state index contributed by atoms with van der Waals surface area (Å²) in [6.07, 6.45) is 7.14. The Morgan fingerprint density at radius 3 is 2.22 bits per heavy atom. The zero-order valence-electron chi connectivity index (χ0n) is 14.0. The average Bonchev–Trinajstić information content (AvgIpc) is 2.49. The van der Waals surface area contributed by atoms with Gasteiger partial charge in [-0.1, -0.05) is 69.4 Å². The van der Waals surface area contributed by atoms with Gasteiger partial charge in [0.25, 0.3) is 10.1 Å². The van der Waals surface area contributed by atoms with Crippen LogP contribution in [-0.4, -0.2) is 29.9 Å². The molecular formula is C18H30O4S. The summed E-state index contributed by atoms with van der Waals surface area (Å²) < 4.78 is 30.3. The van der Waals surface area contributed by atoms with Crippen LogP contribution in [0.4, 0.5) is 0 Å². The molecule has 0 saturated heterocycles. The van der Waals surface area contributed by atoms with E-state index in [1.807, 2.05) is 18.2 Å². The van der Waals surface area contributed by atoms with Crippen molar-refractivity contribution in [3.05, 3.63) is 35.9 Å². The maximum Gasteiger partial charge on any atom is 0.267 e. The second-order valence-corrected chi connectivity index (χ2v) is 7.79. The molecule has 5 heteroatoms. The summed E-state index contributed by atoms with van der Waals surface area (Å²) in [6.45, 7) is 2.20. The summed E-state index contributed by atoms with van der Waals surface area (Å²) in [7, 11) is -4.10. The van der Waals surface area contributed by atoms with E-state index in [2.05, 4.69) is 19.1 Å². The number of hydrogen-bond donors (Lipinski definition) is 2. The van der Waals surface area contributed by atoms with Crippen molar-refractivity contribution in [2.75, 3.05) is 5.75 Å². The van der Waals surface area contributed by atoms with Gasteiger partial charge in [0.1, 0.15) is 5.75 Å². The van der Waals surface area contributed by atoms with E-state index in [4.69, 9.17) is 4.55 Å². The van der Waals surface area contributed by atoms with Gasteiger partial charge in [0.05, 0.1) is 6.10 Å². The van der Waals surface area contributed by atoms with E-state index >= 15 is 0 Å². The molecule has 2 unspecified atom stereocenters. The zero-order chi connectivity index (χ0) is 17.1. The largest absolute Gasteiger partial charge is 0.392 e. The Balaban J connectivity index is 2.46. The van der Waals surface area contributed by atoms with Crippen LogP contribution >= 0.6 is 0 Å². The predicted molar refractivity (Wildman–Crippen MR) is 94.2 cm³/mol. The molecule has 2 atom stereocenters. The van der Waals surface area contributed by atoms with E-state index in [1.165, 1.54) is 31.2 Å². The quantitative estimate of drug-likeness (QED) is 0.442. The minimum atomic E-state index is -4.10. The molecule has 2 N–H and O–H groups in total. The third-order valence-corrected chi connectivity index (χ3v) is 4.98. The standard InChI is InChI=1S/C18H30O4S/c1-2-3-4-6-10-17(16-11-7-5-8-12-16)13-9-14-18(19)15-23(20,21)22/h5,7-8,11-12,17-19H,2-4,6,9-10,13-15H2,1H3,(H,20,21,22). The van der Waals surface area contributed by atoms with Gasteiger partial charge in [-0.25, -0.2) is 0 Å². The summed E-state index contributed by atoms with van der Waals surface area (Å²) in [5.74, 6) is -0.120. The maximum atomic E-state index is 10.8. The number of hydrogen-bond acceptors (Lipinski definition) is 3. The normalized spacial score (nSPS) is 14.6. The van der Waals surface area contributed by atoms with Gasteiger partial charge in [0.15, 0.2) is 0 Å². The SMILES string of the molecule is CCCCCCC(CCCC(O)CS(=O)(=O)O)c1ccccc1. The molecule has 0 aromatic heterocycles. The van der Waals surface area contributed by atoms with E-state index in [1.54, 1.807) is 0 Å². The smallest absolute Gasteiger partial charge is 0.267 e. The monoisotopic (exact) mass is 342 g/mol. The van der Waals surface area contributed by atoms with Gasteiger partial charge >= 0.3 is 0 Å². The van der Waals surface area contributed by atoms with Crippen molar-refractivity contribution in [1.29, 1.82) is 0 Å². The van der Waals surface area contributed by atoms with Gasteiger partial charge in [0.2, 0.25) is 0 Å². The highest BCUT2D eigenvalue weighted by atomic mass is 32.2. The maximum absolute atomic E-state index is 10.8. The van der Waals surface area contributed by atoms with Crippen molar-refractivity contribution in [3.8, 4) is 0 Å². The molecule has 0 aliphatic carbocycles. The van der Waals surface area contributed by atoms with Crippen LogP contribution in [0, 0.1) is 0 Å². The molecule has 1 aromatic carbocycles. The molecule has 1 rings (SSSR count). The lowest BCUT2D eigenvalue weighted by Crippen LogP contribution is -2.20. The third-order valence-electron chi connectivity index (χ3n) is 4.17. The van der Waals surface area contributed by atoms with Crippen molar-refractivity contribution in [2.45, 2.75) is 70.3 Å². The van der Waals surface area contributed by atoms with Crippen molar-refractivity contribution < 1.29 is 18.1 Å². The number of benzene rings is 1. The van der Waals surface area contributed by atoms with Crippen molar-refractivity contribution >= 4 is 10.1 Å². The Morgan fingerprint density at radius 2 is 1.61 bits per heavy atom. The van der Waals surface area contributed by atoms with E-state index in [0.29, 0.717) is 12.3 Å². The predicted octanol–water partition coefficient (Wildman–Crippen LogP) is 4.16. The molecule has 0 aliphatic heterocycles. The minimum Gasteiger partial charge on any atom is -0.392 e. The summed E-state index contributed by atoms with van der Waals surface area (Å²) >= 11 is 0. The molecule has 0 heterocycles. The highest BCUT2D eigenvalue weighted by Crippen LogP contribution is 2.28. The van der Waals surface area contributed by atoms with Crippen LogP contribution in [0.15, 0.2) is 30.3 Å². The first kappa shape index (κ1) is 20.1. The molecule has 0 aliphatic rings. The van der Waals surface area contributed by atoms with Crippen LogP contribution in [-0.2, 0) is 10.1 Å². The van der Waals surface area contributed by atoms with Gasteiger partial charge in [-0.2, -0.15) is 8.42 Å². The minimum absolute atomic E-state index is 0.401.